The predicted octanol–water partition coefficient (Wildman–Crippen LogP) is 5.08. The molecule has 2 aromatic rings. The first kappa shape index (κ1) is 30.1. The topological polar surface area (TPSA) is 87.2 Å². The van der Waals surface area contributed by atoms with Crippen LogP contribution in [0.1, 0.15) is 43.2 Å². The highest BCUT2D eigenvalue weighted by molar-refractivity contribution is 7.89. The zero-order valence-electron chi connectivity index (χ0n) is 21.0. The van der Waals surface area contributed by atoms with E-state index in [0.717, 1.165) is 18.6 Å². The Hall–Kier alpha value is -1.89. The fourth-order valence-electron chi connectivity index (χ4n) is 5.08. The molecule has 1 amide bonds. The standard InChI is InChI=1S/C26H29Cl2F3N2O5S/c27-21-8-4-9-22(28)24(21)39(36,37)33-12-2-1-7-20(33)16-38-17-23(34)32-13-10-25(35,11-14-32)18-5-3-6-19(15-18)26(29,30)31/h3-6,8-9,15,20,35H,1-2,7,10-14,16-17H2. The number of hydrogen-bond acceptors (Lipinski definition) is 5. The normalized spacial score (nSPS) is 20.7. The molecule has 2 fully saturated rings. The second-order valence-corrected chi connectivity index (χ2v) is 12.5. The Morgan fingerprint density at radius 3 is 2.33 bits per heavy atom. The third-order valence-electron chi connectivity index (χ3n) is 7.27. The monoisotopic (exact) mass is 608 g/mol. The van der Waals surface area contributed by atoms with Crippen LogP contribution in [0, 0.1) is 0 Å². The number of piperidine rings is 2. The van der Waals surface area contributed by atoms with E-state index in [1.807, 2.05) is 0 Å². The van der Waals surface area contributed by atoms with Crippen LogP contribution in [0.2, 0.25) is 10.0 Å². The van der Waals surface area contributed by atoms with Gasteiger partial charge in [0.05, 0.1) is 27.8 Å². The molecule has 39 heavy (non-hydrogen) atoms. The number of carbonyl (C=O) groups is 1. The van der Waals surface area contributed by atoms with Crippen molar-refractivity contribution in [1.29, 1.82) is 0 Å². The number of ether oxygens (including phenoxy) is 1. The lowest BCUT2D eigenvalue weighted by Crippen LogP contribution is -2.48. The van der Waals surface area contributed by atoms with Gasteiger partial charge in [0.1, 0.15) is 11.5 Å². The van der Waals surface area contributed by atoms with E-state index in [1.54, 1.807) is 6.07 Å². The summed E-state index contributed by atoms with van der Waals surface area (Å²) in [6, 6.07) is 8.59. The number of carbonyl (C=O) groups excluding carboxylic acids is 1. The molecule has 2 aliphatic heterocycles. The summed E-state index contributed by atoms with van der Waals surface area (Å²) in [6.07, 6.45) is -2.36. The van der Waals surface area contributed by atoms with Crippen LogP contribution in [0.3, 0.4) is 0 Å². The fourth-order valence-corrected chi connectivity index (χ4v) is 7.85. The molecule has 1 atom stereocenters. The number of rotatable bonds is 7. The summed E-state index contributed by atoms with van der Waals surface area (Å²) in [5.74, 6) is -0.347. The lowest BCUT2D eigenvalue weighted by Gasteiger charge is -2.39. The van der Waals surface area contributed by atoms with E-state index in [1.165, 1.54) is 33.5 Å². The number of aliphatic hydroxyl groups is 1. The van der Waals surface area contributed by atoms with Crippen LogP contribution in [-0.2, 0) is 31.3 Å². The number of hydrogen-bond donors (Lipinski definition) is 1. The molecule has 7 nitrogen and oxygen atoms in total. The minimum atomic E-state index is -4.52. The van der Waals surface area contributed by atoms with Gasteiger partial charge in [0.2, 0.25) is 15.9 Å². The van der Waals surface area contributed by atoms with Gasteiger partial charge in [-0.05, 0) is 55.5 Å². The minimum Gasteiger partial charge on any atom is -0.385 e. The van der Waals surface area contributed by atoms with E-state index in [2.05, 4.69) is 0 Å². The van der Waals surface area contributed by atoms with Crippen LogP contribution in [0.5, 0.6) is 0 Å². The van der Waals surface area contributed by atoms with Crippen LogP contribution in [0.25, 0.3) is 0 Å². The molecule has 1 unspecified atom stereocenters. The van der Waals surface area contributed by atoms with E-state index < -0.39 is 33.4 Å². The average Bonchev–Trinajstić information content (AvgIpc) is 2.88. The highest BCUT2D eigenvalue weighted by Crippen LogP contribution is 2.37. The number of amides is 1. The zero-order valence-corrected chi connectivity index (χ0v) is 23.3. The smallest absolute Gasteiger partial charge is 0.385 e. The maximum absolute atomic E-state index is 13.4. The van der Waals surface area contributed by atoms with Crippen LogP contribution in [0.4, 0.5) is 13.2 Å². The number of nitrogens with zero attached hydrogens (tertiary/aromatic N) is 2. The summed E-state index contributed by atoms with van der Waals surface area (Å²) in [6.45, 7) is 0.258. The van der Waals surface area contributed by atoms with Gasteiger partial charge in [0, 0.05) is 25.7 Å². The second-order valence-electron chi connectivity index (χ2n) is 9.82. The minimum absolute atomic E-state index is 0.00491. The Kier molecular flexibility index (Phi) is 9.19. The number of sulfonamides is 1. The molecule has 0 radical (unpaired) electrons. The quantitative estimate of drug-likeness (QED) is 0.473. The van der Waals surface area contributed by atoms with E-state index >= 15 is 0 Å². The number of likely N-dealkylation sites (tertiary alicyclic amines) is 1. The highest BCUT2D eigenvalue weighted by atomic mass is 35.5. The Balaban J connectivity index is 1.33. The van der Waals surface area contributed by atoms with Crippen molar-refractivity contribution in [3.8, 4) is 0 Å². The van der Waals surface area contributed by atoms with Crippen molar-refractivity contribution >= 4 is 39.1 Å². The van der Waals surface area contributed by atoms with Gasteiger partial charge >= 0.3 is 6.18 Å². The Bertz CT molecular complexity index is 1280. The third kappa shape index (κ3) is 6.71. The first-order valence-corrected chi connectivity index (χ1v) is 14.7. The SMILES string of the molecule is O=C(COCC1CCCCN1S(=O)(=O)c1c(Cl)cccc1Cl)N1CCC(O)(c2cccc(C(F)(F)F)c2)CC1. The van der Waals surface area contributed by atoms with Crippen molar-refractivity contribution in [2.75, 3.05) is 32.8 Å². The molecule has 214 valence electrons. The van der Waals surface area contributed by atoms with Crippen molar-refractivity contribution in [2.45, 2.75) is 54.8 Å². The van der Waals surface area contributed by atoms with Crippen molar-refractivity contribution in [2.24, 2.45) is 0 Å². The molecular formula is C26H29Cl2F3N2O5S. The van der Waals surface area contributed by atoms with Gasteiger partial charge in [0.15, 0.2) is 0 Å². The molecule has 2 aromatic carbocycles. The third-order valence-corrected chi connectivity index (χ3v) is 10.2. The zero-order chi connectivity index (χ0) is 28.4. The molecule has 0 spiro atoms. The largest absolute Gasteiger partial charge is 0.416 e. The average molecular weight is 609 g/mol. The van der Waals surface area contributed by atoms with Crippen LogP contribution < -0.4 is 0 Å². The molecule has 1 N–H and O–H groups in total. The summed E-state index contributed by atoms with van der Waals surface area (Å²) >= 11 is 12.3. The van der Waals surface area contributed by atoms with Gasteiger partial charge in [-0.15, -0.1) is 0 Å². The first-order valence-electron chi connectivity index (χ1n) is 12.5. The molecular weight excluding hydrogens is 580 g/mol. The van der Waals surface area contributed by atoms with E-state index in [0.29, 0.717) is 12.8 Å². The van der Waals surface area contributed by atoms with E-state index in [9.17, 15) is 31.5 Å². The summed E-state index contributed by atoms with van der Waals surface area (Å²) in [7, 11) is -4.00. The maximum Gasteiger partial charge on any atom is 0.416 e. The second kappa shape index (κ2) is 11.9. The van der Waals surface area contributed by atoms with Crippen molar-refractivity contribution in [3.63, 3.8) is 0 Å². The molecule has 13 heteroatoms. The summed E-state index contributed by atoms with van der Waals surface area (Å²) < 4.78 is 73.0. The molecule has 0 bridgehead atoms. The van der Waals surface area contributed by atoms with Crippen LogP contribution in [0.15, 0.2) is 47.4 Å². The lowest BCUT2D eigenvalue weighted by molar-refractivity contribution is -0.141. The van der Waals surface area contributed by atoms with Gasteiger partial charge in [-0.1, -0.05) is 47.8 Å². The summed E-state index contributed by atoms with van der Waals surface area (Å²) in [5.41, 5.74) is -2.15. The predicted molar refractivity (Wildman–Crippen MR) is 140 cm³/mol. The fraction of sp³-hybridized carbons (Fsp3) is 0.500. The highest BCUT2D eigenvalue weighted by Gasteiger charge is 2.39. The van der Waals surface area contributed by atoms with Crippen molar-refractivity contribution in [3.05, 3.63) is 63.6 Å². The molecule has 4 rings (SSSR count). The molecule has 2 saturated heterocycles. The molecule has 2 heterocycles. The lowest BCUT2D eigenvalue weighted by atomic mass is 9.83. The van der Waals surface area contributed by atoms with Gasteiger partial charge in [-0.25, -0.2) is 8.42 Å². The van der Waals surface area contributed by atoms with Crippen molar-refractivity contribution < 1.29 is 36.2 Å². The Labute approximate surface area is 235 Å². The van der Waals surface area contributed by atoms with Crippen LogP contribution in [-0.4, -0.2) is 67.5 Å². The number of benzene rings is 2. The summed E-state index contributed by atoms with van der Waals surface area (Å²) in [4.78, 5) is 14.1. The molecule has 0 aliphatic carbocycles. The van der Waals surface area contributed by atoms with E-state index in [4.69, 9.17) is 27.9 Å². The molecule has 0 aromatic heterocycles. The maximum atomic E-state index is 13.4. The molecule has 2 aliphatic rings. The number of halogens is 5. The number of alkyl halides is 3. The van der Waals surface area contributed by atoms with Crippen molar-refractivity contribution in [1.82, 2.24) is 9.21 Å². The van der Waals surface area contributed by atoms with Gasteiger partial charge in [-0.3, -0.25) is 4.79 Å². The Morgan fingerprint density at radius 1 is 1.05 bits per heavy atom. The van der Waals surface area contributed by atoms with Gasteiger partial charge in [-0.2, -0.15) is 17.5 Å². The summed E-state index contributed by atoms with van der Waals surface area (Å²) in [5, 5.41) is 11.1. The molecule has 0 saturated carbocycles. The van der Waals surface area contributed by atoms with Gasteiger partial charge < -0.3 is 14.7 Å². The first-order chi connectivity index (χ1) is 18.3. The van der Waals surface area contributed by atoms with E-state index in [-0.39, 0.29) is 72.1 Å². The Morgan fingerprint density at radius 2 is 1.69 bits per heavy atom. The van der Waals surface area contributed by atoms with Gasteiger partial charge in [0.25, 0.3) is 0 Å². The van der Waals surface area contributed by atoms with Crippen LogP contribution >= 0.6 is 23.2 Å².